The van der Waals surface area contributed by atoms with Crippen molar-refractivity contribution in [2.75, 3.05) is 19.6 Å². The van der Waals surface area contributed by atoms with Crippen LogP contribution in [0, 0.1) is 0 Å². The van der Waals surface area contributed by atoms with Crippen molar-refractivity contribution < 1.29 is 14.6 Å². The summed E-state index contributed by atoms with van der Waals surface area (Å²) in [5.41, 5.74) is 3.83. The van der Waals surface area contributed by atoms with Crippen molar-refractivity contribution in [2.24, 2.45) is 5.10 Å². The number of rotatable bonds is 5. The van der Waals surface area contributed by atoms with Gasteiger partial charge in [0.1, 0.15) is 0 Å². The number of phenols is 1. The number of methoxy groups -OCH3 is 2. The molecule has 0 unspecified atom stereocenters. The molecule has 2 N–H and O–H groups in total. The Hall–Kier alpha value is -1.82. The summed E-state index contributed by atoms with van der Waals surface area (Å²) in [6.07, 6.45) is 1.51. The lowest BCUT2D eigenvalue weighted by atomic mass is 10.2. The monoisotopic (exact) mass is 374 g/mol. The number of phenolic OH excluding ortho intramolecular Hbond substituents is 1. The van der Waals surface area contributed by atoms with E-state index in [9.17, 15) is 5.11 Å². The first-order chi connectivity index (χ1) is 11.0. The topological polar surface area (TPSA) is 63.1 Å². The highest BCUT2D eigenvalue weighted by atomic mass is 35.5. The number of nitrogens with one attached hydrogen (secondary N) is 1. The van der Waals surface area contributed by atoms with Crippen LogP contribution in [-0.4, -0.2) is 25.5 Å². The number of hydrogen-bond acceptors (Lipinski definition) is 5. The second-order valence-electron chi connectivity index (χ2n) is 4.39. The third-order valence-corrected chi connectivity index (χ3v) is 3.71. The van der Waals surface area contributed by atoms with E-state index in [0.29, 0.717) is 26.3 Å². The Kier molecular flexibility index (Phi) is 5.82. The van der Waals surface area contributed by atoms with E-state index in [2.05, 4.69) is 10.5 Å². The van der Waals surface area contributed by atoms with E-state index >= 15 is 0 Å². The number of aromatic hydroxyl groups is 1. The number of hydrogen-bond donors (Lipinski definition) is 2. The van der Waals surface area contributed by atoms with Crippen LogP contribution < -0.4 is 14.9 Å². The van der Waals surface area contributed by atoms with Gasteiger partial charge < -0.3 is 14.6 Å². The van der Waals surface area contributed by atoms with Crippen LogP contribution in [0.5, 0.6) is 17.2 Å². The van der Waals surface area contributed by atoms with E-state index in [4.69, 9.17) is 44.3 Å². The Balaban J connectivity index is 2.25. The zero-order valence-electron chi connectivity index (χ0n) is 12.2. The molecular weight excluding hydrogens is 363 g/mol. The van der Waals surface area contributed by atoms with Gasteiger partial charge in [-0.2, -0.15) is 5.10 Å². The molecule has 2 rings (SSSR count). The van der Waals surface area contributed by atoms with Crippen molar-refractivity contribution in [3.05, 3.63) is 44.9 Å². The molecular formula is C15H13Cl3N2O3. The molecule has 0 saturated heterocycles. The minimum absolute atomic E-state index is 0.0797. The van der Waals surface area contributed by atoms with E-state index < -0.39 is 0 Å². The molecule has 0 aliphatic carbocycles. The van der Waals surface area contributed by atoms with Gasteiger partial charge in [-0.15, -0.1) is 0 Å². The van der Waals surface area contributed by atoms with Gasteiger partial charge in [0.25, 0.3) is 0 Å². The van der Waals surface area contributed by atoms with E-state index in [1.807, 2.05) is 0 Å². The van der Waals surface area contributed by atoms with Crippen LogP contribution in [0.1, 0.15) is 5.56 Å². The molecule has 0 aliphatic heterocycles. The molecule has 0 amide bonds. The molecule has 23 heavy (non-hydrogen) atoms. The normalized spacial score (nSPS) is 10.8. The van der Waals surface area contributed by atoms with Gasteiger partial charge in [-0.3, -0.25) is 5.43 Å². The fourth-order valence-corrected chi connectivity index (χ4v) is 2.71. The Morgan fingerprint density at radius 2 is 1.52 bits per heavy atom. The zero-order chi connectivity index (χ0) is 17.0. The van der Waals surface area contributed by atoms with E-state index in [-0.39, 0.29) is 17.2 Å². The van der Waals surface area contributed by atoms with Crippen molar-refractivity contribution in [1.82, 2.24) is 0 Å². The molecule has 5 nitrogen and oxygen atoms in total. The average molecular weight is 376 g/mol. The maximum absolute atomic E-state index is 9.86. The Morgan fingerprint density at radius 1 is 1.00 bits per heavy atom. The van der Waals surface area contributed by atoms with Gasteiger partial charge in [-0.05, 0) is 24.3 Å². The minimum Gasteiger partial charge on any atom is -0.502 e. The number of ether oxygens (including phenoxy) is 2. The Morgan fingerprint density at radius 3 is 2.00 bits per heavy atom. The molecule has 0 atom stereocenters. The summed E-state index contributed by atoms with van der Waals surface area (Å²) in [5, 5.41) is 15.1. The molecule has 0 saturated carbocycles. The maximum atomic E-state index is 9.86. The van der Waals surface area contributed by atoms with Crippen LogP contribution in [0.2, 0.25) is 15.1 Å². The standard InChI is InChI=1S/C15H13Cl3N2O3/c1-22-12-3-8(4-13(23-2)15(12)21)7-19-20-14-10(17)5-9(16)6-11(14)18/h3-7,20-21H,1-2H3. The highest BCUT2D eigenvalue weighted by Crippen LogP contribution is 2.37. The van der Waals surface area contributed by atoms with Crippen LogP contribution in [0.3, 0.4) is 0 Å². The number of hydrazone groups is 1. The summed E-state index contributed by atoms with van der Waals surface area (Å²) in [6.45, 7) is 0. The Bertz CT molecular complexity index is 703. The predicted molar refractivity (Wildman–Crippen MR) is 93.9 cm³/mol. The maximum Gasteiger partial charge on any atom is 0.200 e. The molecule has 0 fully saturated rings. The van der Waals surface area contributed by atoms with Gasteiger partial charge in [-0.25, -0.2) is 0 Å². The second-order valence-corrected chi connectivity index (χ2v) is 5.64. The van der Waals surface area contributed by atoms with Crippen molar-refractivity contribution in [3.8, 4) is 17.2 Å². The zero-order valence-corrected chi connectivity index (χ0v) is 14.5. The number of anilines is 1. The fourth-order valence-electron chi connectivity index (χ4n) is 1.81. The van der Waals surface area contributed by atoms with Crippen LogP contribution in [-0.2, 0) is 0 Å². The smallest absolute Gasteiger partial charge is 0.200 e. The SMILES string of the molecule is COc1cc(C=NNc2c(Cl)cc(Cl)cc2Cl)cc(OC)c1O. The predicted octanol–water partition coefficient (Wildman–Crippen LogP) is 4.82. The molecule has 0 heterocycles. The summed E-state index contributed by atoms with van der Waals surface area (Å²) in [5.74, 6) is 0.464. The molecule has 0 aromatic heterocycles. The summed E-state index contributed by atoms with van der Waals surface area (Å²) in [6, 6.07) is 6.32. The summed E-state index contributed by atoms with van der Waals surface area (Å²) < 4.78 is 10.2. The van der Waals surface area contributed by atoms with Gasteiger partial charge in [0.15, 0.2) is 11.5 Å². The van der Waals surface area contributed by atoms with Crippen LogP contribution in [0.25, 0.3) is 0 Å². The van der Waals surface area contributed by atoms with Gasteiger partial charge in [0.05, 0.1) is 36.2 Å². The molecule has 0 radical (unpaired) electrons. The highest BCUT2D eigenvalue weighted by Gasteiger charge is 2.10. The summed E-state index contributed by atoms with van der Waals surface area (Å²) >= 11 is 18.0. The summed E-state index contributed by atoms with van der Waals surface area (Å²) in [4.78, 5) is 0. The van der Waals surface area contributed by atoms with Crippen LogP contribution in [0.15, 0.2) is 29.4 Å². The first-order valence-electron chi connectivity index (χ1n) is 6.35. The molecule has 0 bridgehead atoms. The molecule has 2 aromatic rings. The quantitative estimate of drug-likeness (QED) is 0.581. The van der Waals surface area contributed by atoms with E-state index in [0.717, 1.165) is 0 Å². The molecule has 0 spiro atoms. The first kappa shape index (κ1) is 17.5. The van der Waals surface area contributed by atoms with Gasteiger partial charge in [0, 0.05) is 10.6 Å². The Labute approximate surface area is 148 Å². The number of nitrogens with zero attached hydrogens (tertiary/aromatic N) is 1. The fraction of sp³-hybridized carbons (Fsp3) is 0.133. The molecule has 8 heteroatoms. The number of benzene rings is 2. The van der Waals surface area contributed by atoms with Gasteiger partial charge in [0.2, 0.25) is 5.75 Å². The molecule has 0 aliphatic rings. The minimum atomic E-state index is -0.0797. The third-order valence-electron chi connectivity index (χ3n) is 2.90. The molecule has 122 valence electrons. The van der Waals surface area contributed by atoms with Gasteiger partial charge in [-0.1, -0.05) is 34.8 Å². The highest BCUT2D eigenvalue weighted by molar-refractivity contribution is 6.41. The van der Waals surface area contributed by atoms with E-state index in [1.165, 1.54) is 20.4 Å². The van der Waals surface area contributed by atoms with Gasteiger partial charge >= 0.3 is 0 Å². The number of halogens is 3. The average Bonchev–Trinajstić information content (AvgIpc) is 2.51. The largest absolute Gasteiger partial charge is 0.502 e. The van der Waals surface area contributed by atoms with Crippen molar-refractivity contribution in [3.63, 3.8) is 0 Å². The van der Waals surface area contributed by atoms with Crippen molar-refractivity contribution in [1.29, 1.82) is 0 Å². The lowest BCUT2D eigenvalue weighted by Gasteiger charge is -2.09. The lowest BCUT2D eigenvalue weighted by Crippen LogP contribution is -1.95. The summed E-state index contributed by atoms with van der Waals surface area (Å²) in [7, 11) is 2.89. The van der Waals surface area contributed by atoms with Crippen LogP contribution in [0.4, 0.5) is 5.69 Å². The van der Waals surface area contributed by atoms with Crippen molar-refractivity contribution >= 4 is 46.7 Å². The first-order valence-corrected chi connectivity index (χ1v) is 7.48. The third kappa shape index (κ3) is 4.13. The molecule has 2 aromatic carbocycles. The second kappa shape index (κ2) is 7.64. The van der Waals surface area contributed by atoms with Crippen molar-refractivity contribution in [2.45, 2.75) is 0 Å². The lowest BCUT2D eigenvalue weighted by molar-refractivity contribution is 0.340. The van der Waals surface area contributed by atoms with E-state index in [1.54, 1.807) is 24.3 Å². The van der Waals surface area contributed by atoms with Crippen LogP contribution >= 0.6 is 34.8 Å².